The SMILES string of the molecule is CCOC(=O)[C@H](CCSC)NS(=O)(=O)CCCc1nccc2[nH]c(C)nc12. The Balaban J connectivity index is 1.97. The van der Waals surface area contributed by atoms with Crippen LogP contribution in [0, 0.1) is 6.92 Å². The lowest BCUT2D eigenvalue weighted by Gasteiger charge is -2.17. The number of H-pyrrole nitrogens is 1. The van der Waals surface area contributed by atoms with Crippen molar-refractivity contribution in [1.82, 2.24) is 19.7 Å². The van der Waals surface area contributed by atoms with Gasteiger partial charge in [0.25, 0.3) is 0 Å². The number of aryl methyl sites for hydroxylation is 2. The molecule has 0 unspecified atom stereocenters. The molecule has 0 aliphatic heterocycles. The van der Waals surface area contributed by atoms with E-state index in [4.69, 9.17) is 4.74 Å². The molecule has 2 rings (SSSR count). The van der Waals surface area contributed by atoms with E-state index < -0.39 is 22.0 Å². The molecular weight excluding hydrogens is 388 g/mol. The number of hydrogen-bond acceptors (Lipinski definition) is 7. The molecule has 0 saturated carbocycles. The number of imidazole rings is 1. The number of carbonyl (C=O) groups excluding carboxylic acids is 1. The van der Waals surface area contributed by atoms with Crippen molar-refractivity contribution in [1.29, 1.82) is 0 Å². The summed E-state index contributed by atoms with van der Waals surface area (Å²) in [5, 5.41) is 0. The number of hydrogen-bond donors (Lipinski definition) is 2. The fraction of sp³-hybridized carbons (Fsp3) is 0.588. The Labute approximate surface area is 163 Å². The number of nitrogens with one attached hydrogen (secondary N) is 2. The highest BCUT2D eigenvalue weighted by Gasteiger charge is 2.25. The lowest BCUT2D eigenvalue weighted by molar-refractivity contribution is -0.145. The standard InChI is InChI=1S/C17H26N4O4S2/c1-4-25-17(22)15(8-10-26-3)21-27(23,24)11-5-6-13-16-14(7-9-18-13)19-12(2)20-16/h7,9,15,21H,4-6,8,10-11H2,1-3H3,(H,19,20)/t15-/m0/s1. The van der Waals surface area contributed by atoms with Crippen molar-refractivity contribution in [3.05, 3.63) is 23.8 Å². The van der Waals surface area contributed by atoms with E-state index in [1.807, 2.05) is 19.2 Å². The van der Waals surface area contributed by atoms with Crippen molar-refractivity contribution in [2.45, 2.75) is 39.2 Å². The molecule has 0 aromatic carbocycles. The predicted octanol–water partition coefficient (Wildman–Crippen LogP) is 1.80. The Morgan fingerprint density at radius 3 is 2.93 bits per heavy atom. The molecule has 0 fully saturated rings. The minimum atomic E-state index is -3.61. The molecule has 150 valence electrons. The molecule has 0 aliphatic rings. The molecule has 2 N–H and O–H groups in total. The molecule has 8 nitrogen and oxygen atoms in total. The van der Waals surface area contributed by atoms with Gasteiger partial charge >= 0.3 is 5.97 Å². The van der Waals surface area contributed by atoms with Gasteiger partial charge in [-0.3, -0.25) is 9.78 Å². The third-order valence-electron chi connectivity index (χ3n) is 3.93. The van der Waals surface area contributed by atoms with Crippen LogP contribution in [0.4, 0.5) is 0 Å². The average molecular weight is 415 g/mol. The summed E-state index contributed by atoms with van der Waals surface area (Å²) in [6.07, 6.45) is 4.85. The molecule has 2 heterocycles. The van der Waals surface area contributed by atoms with Crippen molar-refractivity contribution < 1.29 is 17.9 Å². The van der Waals surface area contributed by atoms with Crippen LogP contribution in [-0.4, -0.2) is 59.7 Å². The van der Waals surface area contributed by atoms with Gasteiger partial charge in [0.1, 0.15) is 17.4 Å². The van der Waals surface area contributed by atoms with Crippen molar-refractivity contribution in [2.75, 3.05) is 24.4 Å². The fourth-order valence-corrected chi connectivity index (χ4v) is 4.47. The van der Waals surface area contributed by atoms with Gasteiger partial charge in [-0.05, 0) is 51.2 Å². The largest absolute Gasteiger partial charge is 0.465 e. The number of thioether (sulfide) groups is 1. The molecule has 10 heteroatoms. The van der Waals surface area contributed by atoms with Gasteiger partial charge in [-0.25, -0.2) is 18.1 Å². The highest BCUT2D eigenvalue weighted by Crippen LogP contribution is 2.15. The van der Waals surface area contributed by atoms with Crippen LogP contribution in [-0.2, 0) is 26.0 Å². The summed E-state index contributed by atoms with van der Waals surface area (Å²) >= 11 is 1.55. The molecule has 0 spiro atoms. The van der Waals surface area contributed by atoms with E-state index in [1.54, 1.807) is 24.9 Å². The van der Waals surface area contributed by atoms with E-state index >= 15 is 0 Å². The summed E-state index contributed by atoms with van der Waals surface area (Å²) in [5.74, 6) is 0.827. The molecule has 0 saturated heterocycles. The Kier molecular flexibility index (Phi) is 8.06. The second kappa shape index (κ2) is 10.0. The van der Waals surface area contributed by atoms with Gasteiger partial charge in [0.05, 0.1) is 23.6 Å². The number of sulfonamides is 1. The van der Waals surface area contributed by atoms with Crippen LogP contribution in [0.2, 0.25) is 0 Å². The van der Waals surface area contributed by atoms with E-state index in [-0.39, 0.29) is 12.4 Å². The highest BCUT2D eigenvalue weighted by atomic mass is 32.2. The number of aromatic nitrogens is 3. The van der Waals surface area contributed by atoms with Crippen molar-refractivity contribution in [3.63, 3.8) is 0 Å². The smallest absolute Gasteiger partial charge is 0.324 e. The Morgan fingerprint density at radius 2 is 2.22 bits per heavy atom. The summed E-state index contributed by atoms with van der Waals surface area (Å²) in [6, 6.07) is 0.991. The zero-order valence-electron chi connectivity index (χ0n) is 15.8. The summed E-state index contributed by atoms with van der Waals surface area (Å²) < 4.78 is 32.3. The maximum absolute atomic E-state index is 12.4. The first-order chi connectivity index (χ1) is 12.9. The number of carbonyl (C=O) groups is 1. The maximum Gasteiger partial charge on any atom is 0.324 e. The number of ether oxygens (including phenoxy) is 1. The van der Waals surface area contributed by atoms with Crippen molar-refractivity contribution in [2.24, 2.45) is 0 Å². The molecule has 0 radical (unpaired) electrons. The van der Waals surface area contributed by atoms with Gasteiger partial charge in [0.2, 0.25) is 10.0 Å². The van der Waals surface area contributed by atoms with E-state index in [1.165, 1.54) is 0 Å². The third-order valence-corrected chi connectivity index (χ3v) is 6.04. The first-order valence-corrected chi connectivity index (χ1v) is 11.9. The molecule has 2 aromatic rings. The molecule has 0 amide bonds. The number of esters is 1. The predicted molar refractivity (Wildman–Crippen MR) is 107 cm³/mol. The van der Waals surface area contributed by atoms with Crippen LogP contribution < -0.4 is 4.72 Å². The molecule has 2 aromatic heterocycles. The highest BCUT2D eigenvalue weighted by molar-refractivity contribution is 7.98. The molecule has 0 bridgehead atoms. The second-order valence-electron chi connectivity index (χ2n) is 6.10. The lowest BCUT2D eigenvalue weighted by Crippen LogP contribution is -2.43. The van der Waals surface area contributed by atoms with Gasteiger partial charge in [0, 0.05) is 6.20 Å². The van der Waals surface area contributed by atoms with Gasteiger partial charge < -0.3 is 9.72 Å². The third kappa shape index (κ3) is 6.47. The zero-order chi connectivity index (χ0) is 19.9. The van der Waals surface area contributed by atoms with Crippen molar-refractivity contribution >= 4 is 38.8 Å². The first-order valence-electron chi connectivity index (χ1n) is 8.82. The minimum absolute atomic E-state index is 0.0936. The Morgan fingerprint density at radius 1 is 1.44 bits per heavy atom. The molecule has 27 heavy (non-hydrogen) atoms. The van der Waals surface area contributed by atoms with Gasteiger partial charge in [-0.2, -0.15) is 11.8 Å². The van der Waals surface area contributed by atoms with Crippen LogP contribution in [0.5, 0.6) is 0 Å². The van der Waals surface area contributed by atoms with Crippen LogP contribution in [0.1, 0.15) is 31.3 Å². The van der Waals surface area contributed by atoms with E-state index in [2.05, 4.69) is 19.7 Å². The Hall–Kier alpha value is -1.65. The topological polar surface area (TPSA) is 114 Å². The fourth-order valence-electron chi connectivity index (χ4n) is 2.71. The lowest BCUT2D eigenvalue weighted by atomic mass is 10.2. The number of fused-ring (bicyclic) bond motifs is 1. The first kappa shape index (κ1) is 21.6. The molecular formula is C17H26N4O4S2. The van der Waals surface area contributed by atoms with E-state index in [0.717, 1.165) is 22.6 Å². The maximum atomic E-state index is 12.4. The molecule has 1 atom stereocenters. The normalized spacial score (nSPS) is 13.0. The minimum Gasteiger partial charge on any atom is -0.465 e. The summed E-state index contributed by atoms with van der Waals surface area (Å²) in [5.41, 5.74) is 2.42. The number of nitrogens with zero attached hydrogens (tertiary/aromatic N) is 2. The van der Waals surface area contributed by atoms with E-state index in [9.17, 15) is 13.2 Å². The zero-order valence-corrected chi connectivity index (χ0v) is 17.5. The quantitative estimate of drug-likeness (QED) is 0.539. The molecule has 0 aliphatic carbocycles. The van der Waals surface area contributed by atoms with Gasteiger partial charge in [-0.1, -0.05) is 0 Å². The number of pyridine rings is 1. The summed E-state index contributed by atoms with van der Waals surface area (Å²) in [6.45, 7) is 3.78. The van der Waals surface area contributed by atoms with Crippen LogP contribution >= 0.6 is 11.8 Å². The number of rotatable bonds is 11. The second-order valence-corrected chi connectivity index (χ2v) is 8.96. The number of aromatic amines is 1. The van der Waals surface area contributed by atoms with Crippen LogP contribution in [0.3, 0.4) is 0 Å². The Bertz CT molecular complexity index is 867. The monoisotopic (exact) mass is 414 g/mol. The van der Waals surface area contributed by atoms with E-state index in [0.29, 0.717) is 25.0 Å². The summed E-state index contributed by atoms with van der Waals surface area (Å²) in [4.78, 5) is 23.9. The average Bonchev–Trinajstić information content (AvgIpc) is 2.99. The van der Waals surface area contributed by atoms with Gasteiger partial charge in [0.15, 0.2) is 0 Å². The summed E-state index contributed by atoms with van der Waals surface area (Å²) in [7, 11) is -3.61. The van der Waals surface area contributed by atoms with Crippen LogP contribution in [0.15, 0.2) is 12.3 Å². The van der Waals surface area contributed by atoms with Gasteiger partial charge in [-0.15, -0.1) is 0 Å². The van der Waals surface area contributed by atoms with Crippen LogP contribution in [0.25, 0.3) is 11.0 Å². The van der Waals surface area contributed by atoms with Crippen molar-refractivity contribution in [3.8, 4) is 0 Å².